The van der Waals surface area contributed by atoms with Crippen molar-refractivity contribution in [3.05, 3.63) is 28.2 Å². The quantitative estimate of drug-likeness (QED) is 0.878. The lowest BCUT2D eigenvalue weighted by Gasteiger charge is -2.23. The highest BCUT2D eigenvalue weighted by atomic mass is 79.9. The van der Waals surface area contributed by atoms with Gasteiger partial charge in [-0.3, -0.25) is 0 Å². The van der Waals surface area contributed by atoms with Crippen molar-refractivity contribution in [3.8, 4) is 5.75 Å². The zero-order valence-electron chi connectivity index (χ0n) is 11.5. The van der Waals surface area contributed by atoms with Crippen molar-refractivity contribution < 1.29 is 9.84 Å². The maximum atomic E-state index is 10.0. The van der Waals surface area contributed by atoms with E-state index in [1.807, 2.05) is 18.2 Å². The molecule has 0 heterocycles. The van der Waals surface area contributed by atoms with Crippen LogP contribution < -0.4 is 10.1 Å². The second-order valence-corrected chi connectivity index (χ2v) is 6.36. The molecule has 102 valence electrons. The van der Waals surface area contributed by atoms with Crippen LogP contribution in [-0.2, 0) is 6.42 Å². The molecule has 0 saturated heterocycles. The molecule has 0 bridgehead atoms. The number of aliphatic hydroxyl groups is 1. The molecule has 1 aromatic carbocycles. The molecule has 0 spiro atoms. The van der Waals surface area contributed by atoms with E-state index in [1.54, 1.807) is 7.11 Å². The van der Waals surface area contributed by atoms with E-state index in [9.17, 15) is 5.11 Å². The molecule has 1 aromatic rings. The number of rotatable bonds is 5. The largest absolute Gasteiger partial charge is 0.496 e. The van der Waals surface area contributed by atoms with E-state index in [0.717, 1.165) is 15.8 Å². The first-order valence-electron chi connectivity index (χ1n) is 6.07. The standard InChI is InChI=1S/C14H22BrNO2/c1-14(2,3)16-9-12(17)8-10-7-11(15)5-6-13(10)18-4/h5-7,12,16-17H,8-9H2,1-4H3. The number of β-amino-alcohol motifs (C(OH)–C–C–N with tert-alkyl or cyclic N) is 1. The van der Waals surface area contributed by atoms with Gasteiger partial charge in [0.2, 0.25) is 0 Å². The molecule has 0 aliphatic heterocycles. The van der Waals surface area contributed by atoms with Crippen LogP contribution in [0.5, 0.6) is 5.75 Å². The van der Waals surface area contributed by atoms with Crippen molar-refractivity contribution >= 4 is 15.9 Å². The zero-order valence-corrected chi connectivity index (χ0v) is 13.0. The minimum atomic E-state index is -0.424. The summed E-state index contributed by atoms with van der Waals surface area (Å²) in [4.78, 5) is 0. The van der Waals surface area contributed by atoms with Gasteiger partial charge >= 0.3 is 0 Å². The van der Waals surface area contributed by atoms with E-state index in [4.69, 9.17) is 4.74 Å². The van der Waals surface area contributed by atoms with E-state index in [0.29, 0.717) is 13.0 Å². The average molecular weight is 316 g/mol. The van der Waals surface area contributed by atoms with Gasteiger partial charge in [-0.2, -0.15) is 0 Å². The van der Waals surface area contributed by atoms with Crippen LogP contribution in [0.4, 0.5) is 0 Å². The first kappa shape index (κ1) is 15.5. The lowest BCUT2D eigenvalue weighted by atomic mass is 10.0. The molecule has 0 aromatic heterocycles. The number of methoxy groups -OCH3 is 1. The third-order valence-corrected chi connectivity index (χ3v) is 3.06. The normalized spacial score (nSPS) is 13.4. The number of benzene rings is 1. The minimum Gasteiger partial charge on any atom is -0.496 e. The summed E-state index contributed by atoms with van der Waals surface area (Å²) < 4.78 is 6.29. The molecule has 1 rings (SSSR count). The van der Waals surface area contributed by atoms with Gasteiger partial charge in [0, 0.05) is 23.0 Å². The van der Waals surface area contributed by atoms with Gasteiger partial charge in [0.15, 0.2) is 0 Å². The summed E-state index contributed by atoms with van der Waals surface area (Å²) in [5.74, 6) is 0.813. The van der Waals surface area contributed by atoms with Crippen LogP contribution in [0.2, 0.25) is 0 Å². The highest BCUT2D eigenvalue weighted by molar-refractivity contribution is 9.10. The Morgan fingerprint density at radius 1 is 1.39 bits per heavy atom. The van der Waals surface area contributed by atoms with E-state index in [-0.39, 0.29) is 5.54 Å². The molecule has 0 aliphatic carbocycles. The average Bonchev–Trinajstić information content (AvgIpc) is 2.26. The Morgan fingerprint density at radius 3 is 2.61 bits per heavy atom. The van der Waals surface area contributed by atoms with Gasteiger partial charge in [-0.05, 0) is 44.5 Å². The number of hydrogen-bond donors (Lipinski definition) is 2. The third-order valence-electron chi connectivity index (χ3n) is 2.57. The summed E-state index contributed by atoms with van der Waals surface area (Å²) in [6.45, 7) is 6.82. The highest BCUT2D eigenvalue weighted by Crippen LogP contribution is 2.24. The first-order chi connectivity index (χ1) is 8.31. The fourth-order valence-electron chi connectivity index (χ4n) is 1.66. The molecule has 0 radical (unpaired) electrons. The van der Waals surface area contributed by atoms with Crippen molar-refractivity contribution in [2.45, 2.75) is 38.8 Å². The predicted molar refractivity (Wildman–Crippen MR) is 78.2 cm³/mol. The fraction of sp³-hybridized carbons (Fsp3) is 0.571. The maximum absolute atomic E-state index is 10.0. The number of hydrogen-bond acceptors (Lipinski definition) is 3. The Morgan fingerprint density at radius 2 is 2.06 bits per heavy atom. The SMILES string of the molecule is COc1ccc(Br)cc1CC(O)CNC(C)(C)C. The molecule has 4 heteroatoms. The zero-order chi connectivity index (χ0) is 13.8. The topological polar surface area (TPSA) is 41.5 Å². The second-order valence-electron chi connectivity index (χ2n) is 5.45. The van der Waals surface area contributed by atoms with Gasteiger partial charge in [-0.1, -0.05) is 15.9 Å². The van der Waals surface area contributed by atoms with E-state index < -0.39 is 6.10 Å². The van der Waals surface area contributed by atoms with Crippen LogP contribution in [0.25, 0.3) is 0 Å². The Bertz CT molecular complexity index is 388. The summed E-state index contributed by atoms with van der Waals surface area (Å²) in [5, 5.41) is 13.3. The molecule has 18 heavy (non-hydrogen) atoms. The van der Waals surface area contributed by atoms with E-state index in [2.05, 4.69) is 42.0 Å². The van der Waals surface area contributed by atoms with Crippen molar-refractivity contribution in [1.29, 1.82) is 0 Å². The lowest BCUT2D eigenvalue weighted by Crippen LogP contribution is -2.41. The van der Waals surface area contributed by atoms with Gasteiger partial charge in [0.1, 0.15) is 5.75 Å². The number of aliphatic hydroxyl groups excluding tert-OH is 1. The van der Waals surface area contributed by atoms with Crippen LogP contribution >= 0.6 is 15.9 Å². The van der Waals surface area contributed by atoms with Gasteiger partial charge < -0.3 is 15.2 Å². The van der Waals surface area contributed by atoms with Gasteiger partial charge in [-0.25, -0.2) is 0 Å². The Labute approximate surface area is 118 Å². The Balaban J connectivity index is 2.63. The van der Waals surface area contributed by atoms with Gasteiger partial charge in [-0.15, -0.1) is 0 Å². The summed E-state index contributed by atoms with van der Waals surface area (Å²) >= 11 is 3.43. The highest BCUT2D eigenvalue weighted by Gasteiger charge is 2.14. The summed E-state index contributed by atoms with van der Waals surface area (Å²) in [6.07, 6.45) is 0.151. The smallest absolute Gasteiger partial charge is 0.122 e. The van der Waals surface area contributed by atoms with Crippen LogP contribution in [-0.4, -0.2) is 30.4 Å². The van der Waals surface area contributed by atoms with E-state index >= 15 is 0 Å². The number of halogens is 1. The van der Waals surface area contributed by atoms with Gasteiger partial charge in [0.25, 0.3) is 0 Å². The molecule has 0 saturated carbocycles. The monoisotopic (exact) mass is 315 g/mol. The second kappa shape index (κ2) is 6.55. The van der Waals surface area contributed by atoms with E-state index in [1.165, 1.54) is 0 Å². The van der Waals surface area contributed by atoms with Crippen LogP contribution in [0.1, 0.15) is 26.3 Å². The Kier molecular flexibility index (Phi) is 5.63. The van der Waals surface area contributed by atoms with Crippen LogP contribution in [0, 0.1) is 0 Å². The molecule has 0 fully saturated rings. The summed E-state index contributed by atoms with van der Waals surface area (Å²) in [6, 6.07) is 5.82. The lowest BCUT2D eigenvalue weighted by molar-refractivity contribution is 0.160. The molecular weight excluding hydrogens is 294 g/mol. The molecule has 1 atom stereocenters. The molecule has 1 unspecified atom stereocenters. The molecule has 2 N–H and O–H groups in total. The summed E-state index contributed by atoms with van der Waals surface area (Å²) in [7, 11) is 1.65. The van der Waals surface area contributed by atoms with Crippen LogP contribution in [0.3, 0.4) is 0 Å². The molecular formula is C14H22BrNO2. The minimum absolute atomic E-state index is 0.0162. The summed E-state index contributed by atoms with van der Waals surface area (Å²) in [5.41, 5.74) is 1.03. The number of ether oxygens (including phenoxy) is 1. The Hall–Kier alpha value is -0.580. The maximum Gasteiger partial charge on any atom is 0.122 e. The molecule has 0 aliphatic rings. The third kappa shape index (κ3) is 5.38. The van der Waals surface area contributed by atoms with Crippen molar-refractivity contribution in [1.82, 2.24) is 5.32 Å². The molecule has 0 amide bonds. The molecule has 3 nitrogen and oxygen atoms in total. The fourth-order valence-corrected chi connectivity index (χ4v) is 2.07. The van der Waals surface area contributed by atoms with Crippen molar-refractivity contribution in [2.24, 2.45) is 0 Å². The first-order valence-corrected chi connectivity index (χ1v) is 6.86. The van der Waals surface area contributed by atoms with Crippen LogP contribution in [0.15, 0.2) is 22.7 Å². The predicted octanol–water partition coefficient (Wildman–Crippen LogP) is 2.75. The number of nitrogens with one attached hydrogen (secondary N) is 1. The van der Waals surface area contributed by atoms with Gasteiger partial charge in [0.05, 0.1) is 13.2 Å². The van der Waals surface area contributed by atoms with Crippen molar-refractivity contribution in [2.75, 3.05) is 13.7 Å². The van der Waals surface area contributed by atoms with Crippen molar-refractivity contribution in [3.63, 3.8) is 0 Å².